The molecule has 20 nitrogen and oxygen atoms in total. The lowest BCUT2D eigenvalue weighted by Crippen LogP contribution is -2.33. The number of aryl methyl sites for hydroxylation is 1. The van der Waals surface area contributed by atoms with Gasteiger partial charge in [0.1, 0.15) is 12.2 Å². The van der Waals surface area contributed by atoms with Gasteiger partial charge in [-0.3, -0.25) is 4.57 Å². The number of carbonyl (C=O) groups is 1. The number of ether oxygens (including phenoxy) is 2. The van der Waals surface area contributed by atoms with Crippen LogP contribution in [-0.2, 0) is 34.0 Å². The lowest BCUT2D eigenvalue weighted by atomic mass is 9.98. The number of benzene rings is 3. The van der Waals surface area contributed by atoms with Gasteiger partial charge in [0.25, 0.3) is 16.2 Å². The zero-order valence-electron chi connectivity index (χ0n) is 28.1. The summed E-state index contributed by atoms with van der Waals surface area (Å²) in [4.78, 5) is 60.3. The predicted molar refractivity (Wildman–Crippen MR) is 179 cm³/mol. The van der Waals surface area contributed by atoms with Crippen LogP contribution in [0.5, 0.6) is 6.01 Å². The summed E-state index contributed by atoms with van der Waals surface area (Å²) in [6.45, 7) is 3.23. The Morgan fingerprint density at radius 3 is 2.42 bits per heavy atom. The van der Waals surface area contributed by atoms with Crippen molar-refractivity contribution in [3.05, 3.63) is 120 Å². The van der Waals surface area contributed by atoms with E-state index in [1.807, 2.05) is 60.0 Å². The topological polar surface area (TPSA) is 256 Å². The van der Waals surface area contributed by atoms with Crippen molar-refractivity contribution in [3.8, 4) is 28.5 Å². The number of carbonyl (C=O) groups excluding carboxylic acids is 1. The van der Waals surface area contributed by atoms with Crippen LogP contribution in [0.25, 0.3) is 33.5 Å². The summed E-state index contributed by atoms with van der Waals surface area (Å²) in [7, 11) is 0. The molecular weight excluding hydrogens is 700 g/mol. The first kappa shape index (κ1) is 35.7. The summed E-state index contributed by atoms with van der Waals surface area (Å²) in [5.41, 5.74) is 4.94. The van der Waals surface area contributed by atoms with Gasteiger partial charge in [-0.15, -0.1) is 30.4 Å². The van der Waals surface area contributed by atoms with E-state index in [2.05, 4.69) is 35.3 Å². The molecule has 6 aromatic rings. The molecular formula is C33H30N8O12. The minimum atomic E-state index is -1.39. The number of aromatic amines is 1. The van der Waals surface area contributed by atoms with E-state index < -0.39 is 40.8 Å². The summed E-state index contributed by atoms with van der Waals surface area (Å²) >= 11 is 0. The number of imidazole rings is 1. The Hall–Kier alpha value is -7.12. The molecule has 0 aliphatic heterocycles. The second-order valence-electron chi connectivity index (χ2n) is 11.4. The van der Waals surface area contributed by atoms with Gasteiger partial charge < -0.3 is 28.0 Å². The number of fused-ring (bicyclic) bond motifs is 1. The average molecular weight is 731 g/mol. The number of aromatic nitrogens is 6. The Morgan fingerprint density at radius 1 is 0.981 bits per heavy atom. The molecule has 0 fully saturated rings. The van der Waals surface area contributed by atoms with E-state index in [1.54, 1.807) is 12.1 Å². The van der Waals surface area contributed by atoms with Crippen molar-refractivity contribution in [2.24, 2.45) is 0 Å². The van der Waals surface area contributed by atoms with Crippen LogP contribution >= 0.6 is 0 Å². The van der Waals surface area contributed by atoms with Gasteiger partial charge in [-0.25, -0.2) is 9.59 Å². The first-order valence-electron chi connectivity index (χ1n) is 16.1. The molecule has 0 spiro atoms. The Morgan fingerprint density at radius 2 is 1.72 bits per heavy atom. The molecule has 0 amide bonds. The van der Waals surface area contributed by atoms with Gasteiger partial charge in [0.05, 0.1) is 29.7 Å². The lowest BCUT2D eigenvalue weighted by molar-refractivity contribution is -0.798. The zero-order valence-corrected chi connectivity index (χ0v) is 28.1. The van der Waals surface area contributed by atoms with Gasteiger partial charge in [0.15, 0.2) is 18.1 Å². The van der Waals surface area contributed by atoms with Gasteiger partial charge in [-0.1, -0.05) is 48.5 Å². The number of hydrogen-bond donors (Lipinski definition) is 1. The number of nitrogens with one attached hydrogen (secondary N) is 1. The third-order valence-corrected chi connectivity index (χ3v) is 8.05. The molecule has 6 rings (SSSR count). The zero-order chi connectivity index (χ0) is 37.5. The molecule has 0 unspecified atom stereocenters. The summed E-state index contributed by atoms with van der Waals surface area (Å²) < 4.78 is 23.2. The molecule has 0 aliphatic rings. The number of hydrogen-bond acceptors (Lipinski definition) is 16. The third-order valence-electron chi connectivity index (χ3n) is 8.05. The normalized spacial score (nSPS) is 12.3. The van der Waals surface area contributed by atoms with Crippen molar-refractivity contribution < 1.29 is 43.0 Å². The highest BCUT2D eigenvalue weighted by Crippen LogP contribution is 2.31. The molecule has 3 aromatic heterocycles. The van der Waals surface area contributed by atoms with Crippen molar-refractivity contribution >= 4 is 17.0 Å². The molecule has 0 bridgehead atoms. The molecule has 53 heavy (non-hydrogen) atoms. The van der Waals surface area contributed by atoms with Crippen molar-refractivity contribution in [1.29, 1.82) is 0 Å². The fourth-order valence-electron chi connectivity index (χ4n) is 5.61. The first-order chi connectivity index (χ1) is 25.6. The van der Waals surface area contributed by atoms with Crippen LogP contribution in [0.2, 0.25) is 0 Å². The number of H-pyrrole nitrogens is 1. The summed E-state index contributed by atoms with van der Waals surface area (Å²) in [5.74, 6) is -1.64. The summed E-state index contributed by atoms with van der Waals surface area (Å²) in [6, 6.07) is 20.8. The average Bonchev–Trinajstić information content (AvgIpc) is 3.88. The van der Waals surface area contributed by atoms with Gasteiger partial charge in [0, 0.05) is 12.0 Å². The molecule has 2 atom stereocenters. The van der Waals surface area contributed by atoms with Crippen LogP contribution in [0.4, 0.5) is 0 Å². The molecule has 1 N–H and O–H groups in total. The molecule has 0 saturated carbocycles. The van der Waals surface area contributed by atoms with E-state index in [4.69, 9.17) is 18.3 Å². The van der Waals surface area contributed by atoms with Gasteiger partial charge >= 0.3 is 11.8 Å². The number of tetrazole rings is 1. The van der Waals surface area contributed by atoms with Crippen LogP contribution in [0.3, 0.4) is 0 Å². The van der Waals surface area contributed by atoms with Crippen molar-refractivity contribution in [2.45, 2.75) is 52.0 Å². The van der Waals surface area contributed by atoms with Crippen molar-refractivity contribution in [1.82, 2.24) is 30.2 Å². The molecule has 0 radical (unpaired) electrons. The largest absolute Gasteiger partial charge is 0.519 e. The van der Waals surface area contributed by atoms with Crippen LogP contribution in [0, 0.1) is 20.2 Å². The van der Waals surface area contributed by atoms with Gasteiger partial charge in [0.2, 0.25) is 5.82 Å². The minimum Gasteiger partial charge on any atom is -0.465 e. The van der Waals surface area contributed by atoms with E-state index in [1.165, 1.54) is 13.0 Å². The second kappa shape index (κ2) is 15.8. The maximum absolute atomic E-state index is 13.2. The highest BCUT2D eigenvalue weighted by atomic mass is 17.0. The van der Waals surface area contributed by atoms with Crippen LogP contribution in [0.15, 0.2) is 80.4 Å². The SMILES string of the molecule is CCOc1nc2ccc(C(=O)OCc3oc(=O)oc3CC[C@H](O[N+](=O)[O-])[C@H](C)O[N+](=O)[O-])cc2n1Cc1ccc(-c2ccccc2-c2nn[nH]n2)cc1. The Bertz CT molecular complexity index is 2280. The summed E-state index contributed by atoms with van der Waals surface area (Å²) in [5, 5.41) is 33.8. The molecule has 3 aromatic carbocycles. The van der Waals surface area contributed by atoms with Crippen molar-refractivity contribution in [3.63, 3.8) is 0 Å². The van der Waals surface area contributed by atoms with Crippen LogP contribution < -0.4 is 10.6 Å². The third kappa shape index (κ3) is 8.44. The monoisotopic (exact) mass is 730 g/mol. The second-order valence-corrected chi connectivity index (χ2v) is 11.4. The molecule has 0 saturated heterocycles. The maximum Gasteiger partial charge on any atom is 0.519 e. The minimum absolute atomic E-state index is 0.0905. The van der Waals surface area contributed by atoms with Crippen LogP contribution in [-0.4, -0.2) is 65.1 Å². The van der Waals surface area contributed by atoms with Gasteiger partial charge in [-0.2, -0.15) is 10.2 Å². The van der Waals surface area contributed by atoms with Gasteiger partial charge in [-0.05, 0) is 60.4 Å². The number of rotatable bonds is 17. The molecule has 274 valence electrons. The fraction of sp³-hybridized carbons (Fsp3) is 0.273. The highest BCUT2D eigenvalue weighted by molar-refractivity contribution is 5.94. The van der Waals surface area contributed by atoms with E-state index >= 15 is 0 Å². The summed E-state index contributed by atoms with van der Waals surface area (Å²) in [6.07, 6.45) is -3.15. The molecule has 3 heterocycles. The van der Waals surface area contributed by atoms with E-state index in [9.17, 15) is 29.8 Å². The molecule has 20 heteroatoms. The van der Waals surface area contributed by atoms with E-state index in [0.717, 1.165) is 22.3 Å². The van der Waals surface area contributed by atoms with Crippen molar-refractivity contribution in [2.75, 3.05) is 6.61 Å². The quantitative estimate of drug-likeness (QED) is 0.0777. The number of esters is 1. The Labute approximate surface area is 297 Å². The first-order valence-corrected chi connectivity index (χ1v) is 16.1. The maximum atomic E-state index is 13.2. The number of nitrogens with zero attached hydrogens (tertiary/aromatic N) is 7. The lowest BCUT2D eigenvalue weighted by Gasteiger charge is -2.19. The molecule has 0 aliphatic carbocycles. The predicted octanol–water partition coefficient (Wildman–Crippen LogP) is 4.34. The highest BCUT2D eigenvalue weighted by Gasteiger charge is 2.27. The van der Waals surface area contributed by atoms with Crippen LogP contribution in [0.1, 0.15) is 47.7 Å². The van der Waals surface area contributed by atoms with E-state index in [-0.39, 0.29) is 29.9 Å². The smallest absolute Gasteiger partial charge is 0.465 e. The Balaban J connectivity index is 1.18. The standard InChI is InChI=1S/C33H30N8O12/c1-3-48-32-34-25-13-12-22(31(42)49-18-29-28(50-33(43)51-29)15-14-27(53-41(46)47)19(2)52-40(44)45)16-26(25)39(32)17-20-8-10-21(11-9-20)23-6-4-5-7-24(23)30-35-37-38-36-30/h4-13,16,19,27H,3,14-15,17-18H2,1-2H3,(H,35,36,37,38)/t19-,27-/m0/s1. The fourth-order valence-corrected chi connectivity index (χ4v) is 5.61. The van der Waals surface area contributed by atoms with E-state index in [0.29, 0.717) is 36.0 Å². The Kier molecular flexibility index (Phi) is 10.7.